The van der Waals surface area contributed by atoms with Gasteiger partial charge in [-0.05, 0) is 31.4 Å². The number of hydrogen-bond acceptors (Lipinski definition) is 5. The van der Waals surface area contributed by atoms with Crippen LogP contribution in [0.5, 0.6) is 0 Å². The summed E-state index contributed by atoms with van der Waals surface area (Å²) in [6, 6.07) is 6.89. The smallest absolute Gasteiger partial charge is 0.261 e. The first-order valence-corrected chi connectivity index (χ1v) is 8.96. The van der Waals surface area contributed by atoms with E-state index in [2.05, 4.69) is 10.3 Å². The van der Waals surface area contributed by atoms with Crippen LogP contribution in [0.1, 0.15) is 51.6 Å². The summed E-state index contributed by atoms with van der Waals surface area (Å²) in [6.45, 7) is 0. The number of hydrogen-bond donors (Lipinski definition) is 3. The van der Waals surface area contributed by atoms with Gasteiger partial charge in [0.25, 0.3) is 11.8 Å². The summed E-state index contributed by atoms with van der Waals surface area (Å²) in [5.41, 5.74) is 7.24. The number of benzene rings is 1. The van der Waals surface area contributed by atoms with Crippen molar-refractivity contribution in [2.24, 2.45) is 5.73 Å². The van der Waals surface area contributed by atoms with Crippen LogP contribution < -0.4 is 11.1 Å². The minimum Gasteiger partial charge on any atom is -0.370 e. The molecule has 1 aliphatic carbocycles. The van der Waals surface area contributed by atoms with Crippen molar-refractivity contribution in [2.75, 3.05) is 5.32 Å². The number of thiazole rings is 1. The molecule has 2 heterocycles. The number of rotatable bonds is 3. The van der Waals surface area contributed by atoms with Crippen LogP contribution in [-0.4, -0.2) is 33.7 Å². The molecular formula is C17H18ClN5O2S. The fourth-order valence-corrected chi connectivity index (χ4v) is 4.45. The molecule has 2 amide bonds. The van der Waals surface area contributed by atoms with E-state index in [1.165, 1.54) is 16.2 Å². The van der Waals surface area contributed by atoms with Crippen molar-refractivity contribution in [1.29, 1.82) is 5.41 Å². The average Bonchev–Trinajstić information content (AvgIpc) is 3.28. The standard InChI is InChI=1S/C17H17N5O2S.ClH/c18-16(19)21-17-20-13(8-25-17)9-5-6-10(7-9)22-14(23)11-3-1-2-4-12(11)15(22)24;/h1-4,8-10H,5-7H2,(H4,18,19,20,21);1H. The zero-order valence-corrected chi connectivity index (χ0v) is 15.4. The number of carbonyl (C=O) groups excluding carboxylic acids is 2. The lowest BCUT2D eigenvalue weighted by Gasteiger charge is -2.21. The van der Waals surface area contributed by atoms with Crippen molar-refractivity contribution in [1.82, 2.24) is 9.88 Å². The SMILES string of the molecule is Cl.N=C(N)Nc1nc(C2CCC(N3C(=O)c4ccccc4C3=O)C2)cs1. The predicted molar refractivity (Wildman–Crippen MR) is 102 cm³/mol. The van der Waals surface area contributed by atoms with E-state index in [1.807, 2.05) is 5.38 Å². The number of amides is 2. The highest BCUT2D eigenvalue weighted by Gasteiger charge is 2.42. The van der Waals surface area contributed by atoms with Crippen molar-refractivity contribution < 1.29 is 9.59 Å². The van der Waals surface area contributed by atoms with E-state index in [-0.39, 0.29) is 42.1 Å². The molecule has 26 heavy (non-hydrogen) atoms. The minimum atomic E-state index is -0.191. The number of aromatic nitrogens is 1. The van der Waals surface area contributed by atoms with Crippen molar-refractivity contribution in [3.05, 3.63) is 46.5 Å². The first-order valence-electron chi connectivity index (χ1n) is 8.08. The maximum absolute atomic E-state index is 12.6. The molecule has 0 saturated heterocycles. The van der Waals surface area contributed by atoms with Crippen LogP contribution >= 0.6 is 23.7 Å². The Balaban J connectivity index is 0.00000196. The van der Waals surface area contributed by atoms with Crippen LogP contribution in [0.25, 0.3) is 0 Å². The Hall–Kier alpha value is -2.45. The zero-order valence-electron chi connectivity index (χ0n) is 13.8. The van der Waals surface area contributed by atoms with E-state index < -0.39 is 0 Å². The Morgan fingerprint density at radius 1 is 1.23 bits per heavy atom. The lowest BCUT2D eigenvalue weighted by Crippen LogP contribution is -2.38. The van der Waals surface area contributed by atoms with Gasteiger partial charge in [0, 0.05) is 17.3 Å². The highest BCUT2D eigenvalue weighted by molar-refractivity contribution is 7.13. The summed E-state index contributed by atoms with van der Waals surface area (Å²) >= 11 is 1.40. The number of nitrogens with two attached hydrogens (primary N) is 1. The fourth-order valence-electron chi connectivity index (χ4n) is 3.65. The van der Waals surface area contributed by atoms with E-state index >= 15 is 0 Å². The van der Waals surface area contributed by atoms with Crippen molar-refractivity contribution in [3.8, 4) is 0 Å². The molecular weight excluding hydrogens is 374 g/mol. The van der Waals surface area contributed by atoms with E-state index in [0.717, 1.165) is 18.5 Å². The lowest BCUT2D eigenvalue weighted by molar-refractivity contribution is 0.0586. The molecule has 0 bridgehead atoms. The molecule has 9 heteroatoms. The van der Waals surface area contributed by atoms with Crippen LogP contribution in [0.15, 0.2) is 29.6 Å². The molecule has 136 valence electrons. The number of nitrogens with zero attached hydrogens (tertiary/aromatic N) is 2. The van der Waals surface area contributed by atoms with Crippen molar-refractivity contribution in [3.63, 3.8) is 0 Å². The van der Waals surface area contributed by atoms with E-state index in [1.54, 1.807) is 24.3 Å². The number of anilines is 1. The highest BCUT2D eigenvalue weighted by Crippen LogP contribution is 2.40. The first kappa shape index (κ1) is 18.3. The van der Waals surface area contributed by atoms with Crippen LogP contribution in [0.2, 0.25) is 0 Å². The number of halogens is 1. The molecule has 2 aromatic rings. The van der Waals surface area contributed by atoms with Crippen LogP contribution in [0.3, 0.4) is 0 Å². The van der Waals surface area contributed by atoms with E-state index in [0.29, 0.717) is 22.7 Å². The van der Waals surface area contributed by atoms with Gasteiger partial charge in [-0.25, -0.2) is 4.98 Å². The third-order valence-corrected chi connectivity index (χ3v) is 5.55. The molecule has 1 aromatic carbocycles. The number of imide groups is 1. The van der Waals surface area contributed by atoms with Gasteiger partial charge in [-0.3, -0.25) is 19.9 Å². The molecule has 1 fully saturated rings. The molecule has 2 atom stereocenters. The lowest BCUT2D eigenvalue weighted by atomic mass is 10.0. The molecule has 0 spiro atoms. The summed E-state index contributed by atoms with van der Waals surface area (Å²) in [6.07, 6.45) is 2.37. The van der Waals surface area contributed by atoms with Gasteiger partial charge in [0.15, 0.2) is 11.1 Å². The third kappa shape index (κ3) is 3.06. The highest BCUT2D eigenvalue weighted by atomic mass is 35.5. The monoisotopic (exact) mass is 391 g/mol. The number of guanidine groups is 1. The van der Waals surface area contributed by atoms with Gasteiger partial charge in [-0.1, -0.05) is 12.1 Å². The Bertz CT molecular complexity index is 849. The molecule has 4 rings (SSSR count). The van der Waals surface area contributed by atoms with E-state index in [9.17, 15) is 9.59 Å². The molecule has 2 unspecified atom stereocenters. The summed E-state index contributed by atoms with van der Waals surface area (Å²) in [4.78, 5) is 31.1. The van der Waals surface area contributed by atoms with Crippen LogP contribution in [0.4, 0.5) is 5.13 Å². The predicted octanol–water partition coefficient (Wildman–Crippen LogP) is 2.80. The van der Waals surface area contributed by atoms with Gasteiger partial charge >= 0.3 is 0 Å². The van der Waals surface area contributed by atoms with Crippen LogP contribution in [-0.2, 0) is 0 Å². The molecule has 1 aromatic heterocycles. The normalized spacial score (nSPS) is 21.5. The van der Waals surface area contributed by atoms with Gasteiger partial charge in [-0.2, -0.15) is 0 Å². The first-order chi connectivity index (χ1) is 12.0. The van der Waals surface area contributed by atoms with Gasteiger partial charge in [0.05, 0.1) is 16.8 Å². The molecule has 4 N–H and O–H groups in total. The maximum atomic E-state index is 12.6. The molecule has 0 radical (unpaired) electrons. The Labute approximate surface area is 160 Å². The Kier molecular flexibility index (Phi) is 4.97. The second kappa shape index (κ2) is 7.05. The Morgan fingerprint density at radius 3 is 2.50 bits per heavy atom. The summed E-state index contributed by atoms with van der Waals surface area (Å²) in [5.74, 6) is -0.323. The van der Waals surface area contributed by atoms with Gasteiger partial charge in [-0.15, -0.1) is 23.7 Å². The second-order valence-corrected chi connectivity index (χ2v) is 7.16. The van der Waals surface area contributed by atoms with Gasteiger partial charge in [0.2, 0.25) is 0 Å². The topological polar surface area (TPSA) is 112 Å². The maximum Gasteiger partial charge on any atom is 0.261 e. The number of nitrogens with one attached hydrogen (secondary N) is 2. The van der Waals surface area contributed by atoms with Crippen molar-refractivity contribution in [2.45, 2.75) is 31.2 Å². The number of carbonyl (C=O) groups is 2. The van der Waals surface area contributed by atoms with E-state index in [4.69, 9.17) is 11.1 Å². The largest absolute Gasteiger partial charge is 0.370 e. The summed E-state index contributed by atoms with van der Waals surface area (Å²) in [7, 11) is 0. The van der Waals surface area contributed by atoms with Crippen molar-refractivity contribution >= 4 is 46.6 Å². The molecule has 1 aliphatic heterocycles. The zero-order chi connectivity index (χ0) is 17.6. The summed E-state index contributed by atoms with van der Waals surface area (Å²) in [5, 5.41) is 12.5. The van der Waals surface area contributed by atoms with Crippen LogP contribution in [0, 0.1) is 5.41 Å². The minimum absolute atomic E-state index is 0. The average molecular weight is 392 g/mol. The summed E-state index contributed by atoms with van der Waals surface area (Å²) < 4.78 is 0. The third-order valence-electron chi connectivity index (χ3n) is 4.78. The molecule has 7 nitrogen and oxygen atoms in total. The molecule has 1 saturated carbocycles. The number of fused-ring (bicyclic) bond motifs is 1. The second-order valence-electron chi connectivity index (χ2n) is 6.31. The molecule has 2 aliphatic rings. The van der Waals surface area contributed by atoms with Gasteiger partial charge < -0.3 is 11.1 Å². The Morgan fingerprint density at radius 2 is 1.88 bits per heavy atom. The van der Waals surface area contributed by atoms with Gasteiger partial charge in [0.1, 0.15) is 0 Å². The quantitative estimate of drug-likeness (QED) is 0.423. The fraction of sp³-hybridized carbons (Fsp3) is 0.294.